The van der Waals surface area contributed by atoms with Crippen LogP contribution in [0.1, 0.15) is 39.3 Å². The number of nitrogens with zero attached hydrogens (tertiary/aromatic N) is 1. The zero-order chi connectivity index (χ0) is 23.4. The lowest BCUT2D eigenvalue weighted by Gasteiger charge is -2.28. The molecule has 1 aliphatic carbocycles. The zero-order valence-electron chi connectivity index (χ0n) is 18.4. The van der Waals surface area contributed by atoms with Crippen molar-refractivity contribution in [1.82, 2.24) is 4.90 Å². The van der Waals surface area contributed by atoms with Crippen molar-refractivity contribution in [3.63, 3.8) is 0 Å². The third-order valence-electron chi connectivity index (χ3n) is 7.08. The molecule has 1 saturated heterocycles. The fourth-order valence-corrected chi connectivity index (χ4v) is 5.44. The highest BCUT2D eigenvalue weighted by atomic mass is 19.1. The molecule has 0 unspecified atom stereocenters. The van der Waals surface area contributed by atoms with Crippen LogP contribution in [0.5, 0.6) is 0 Å². The van der Waals surface area contributed by atoms with E-state index >= 15 is 0 Å². The van der Waals surface area contributed by atoms with Crippen molar-refractivity contribution in [2.24, 2.45) is 11.7 Å². The fraction of sp³-hybridized carbons (Fsp3) is 0.214. The number of fused-ring (bicyclic) bond motifs is 2. The number of nitrogens with two attached hydrogens (primary N) is 1. The Hall–Kier alpha value is -3.93. The van der Waals surface area contributed by atoms with Crippen molar-refractivity contribution in [3.05, 3.63) is 95.5 Å². The lowest BCUT2D eigenvalue weighted by molar-refractivity contribution is 0.0697. The highest BCUT2D eigenvalue weighted by Crippen LogP contribution is 2.49. The SMILES string of the molecule is NC(=O)c1cccc2oc(C[C@@H]3C[C@@H]4C[C@@H]4N3C(=O)c3ccccc3-c3ccccc3F)cc12. The molecule has 0 spiro atoms. The van der Waals surface area contributed by atoms with E-state index in [1.54, 1.807) is 42.5 Å². The lowest BCUT2D eigenvalue weighted by atomic mass is 9.97. The van der Waals surface area contributed by atoms with E-state index in [-0.39, 0.29) is 23.8 Å². The summed E-state index contributed by atoms with van der Waals surface area (Å²) in [7, 11) is 0. The van der Waals surface area contributed by atoms with Gasteiger partial charge in [0.25, 0.3) is 5.91 Å². The molecule has 4 aromatic rings. The average molecular weight is 455 g/mol. The highest BCUT2D eigenvalue weighted by Gasteiger charge is 2.54. The van der Waals surface area contributed by atoms with E-state index in [9.17, 15) is 14.0 Å². The summed E-state index contributed by atoms with van der Waals surface area (Å²) in [6, 6.07) is 21.0. The Labute approximate surface area is 196 Å². The number of carbonyl (C=O) groups excluding carboxylic acids is 2. The number of piperidine rings is 1. The van der Waals surface area contributed by atoms with Gasteiger partial charge in [0, 0.05) is 35.0 Å². The molecule has 2 amide bonds. The second kappa shape index (κ2) is 7.83. The number of hydrogen-bond acceptors (Lipinski definition) is 3. The number of likely N-dealkylation sites (tertiary alicyclic amines) is 1. The topological polar surface area (TPSA) is 76.5 Å². The molecule has 1 aliphatic heterocycles. The number of furan rings is 1. The van der Waals surface area contributed by atoms with E-state index in [4.69, 9.17) is 10.2 Å². The maximum Gasteiger partial charge on any atom is 0.255 e. The van der Waals surface area contributed by atoms with Gasteiger partial charge in [-0.05, 0) is 54.7 Å². The molecule has 2 aliphatic rings. The van der Waals surface area contributed by atoms with E-state index in [0.29, 0.717) is 45.6 Å². The van der Waals surface area contributed by atoms with Crippen LogP contribution in [-0.4, -0.2) is 28.8 Å². The van der Waals surface area contributed by atoms with Crippen molar-refractivity contribution in [2.45, 2.75) is 31.3 Å². The molecule has 0 bridgehead atoms. The van der Waals surface area contributed by atoms with Crippen molar-refractivity contribution in [2.75, 3.05) is 0 Å². The number of carbonyl (C=O) groups is 2. The summed E-state index contributed by atoms with van der Waals surface area (Å²) < 4.78 is 20.6. The molecule has 34 heavy (non-hydrogen) atoms. The zero-order valence-corrected chi connectivity index (χ0v) is 18.4. The smallest absolute Gasteiger partial charge is 0.255 e. The Morgan fingerprint density at radius 2 is 1.68 bits per heavy atom. The van der Waals surface area contributed by atoms with Crippen LogP contribution in [0.2, 0.25) is 0 Å². The summed E-state index contributed by atoms with van der Waals surface area (Å²) in [6.07, 6.45) is 2.45. The van der Waals surface area contributed by atoms with Gasteiger partial charge in [0.1, 0.15) is 17.2 Å². The predicted molar refractivity (Wildman–Crippen MR) is 127 cm³/mol. The molecule has 2 heterocycles. The second-order valence-electron chi connectivity index (χ2n) is 9.19. The summed E-state index contributed by atoms with van der Waals surface area (Å²) in [5.41, 5.74) is 8.08. The van der Waals surface area contributed by atoms with Crippen molar-refractivity contribution in [3.8, 4) is 11.1 Å². The maximum absolute atomic E-state index is 14.6. The van der Waals surface area contributed by atoms with E-state index in [1.165, 1.54) is 6.07 Å². The van der Waals surface area contributed by atoms with Crippen LogP contribution in [0.4, 0.5) is 4.39 Å². The van der Waals surface area contributed by atoms with Crippen LogP contribution in [-0.2, 0) is 6.42 Å². The minimum Gasteiger partial charge on any atom is -0.461 e. The Kier molecular flexibility index (Phi) is 4.76. The first-order valence-corrected chi connectivity index (χ1v) is 11.5. The molecule has 1 aromatic heterocycles. The van der Waals surface area contributed by atoms with Gasteiger partial charge in [-0.3, -0.25) is 9.59 Å². The molecule has 6 rings (SSSR count). The number of primary amides is 1. The molecule has 3 atom stereocenters. The van der Waals surface area contributed by atoms with Crippen LogP contribution in [0.25, 0.3) is 22.1 Å². The third-order valence-corrected chi connectivity index (χ3v) is 7.08. The van der Waals surface area contributed by atoms with Crippen molar-refractivity contribution >= 4 is 22.8 Å². The average Bonchev–Trinajstić information content (AvgIpc) is 3.30. The number of benzene rings is 3. The molecular formula is C28H23FN2O3. The first-order valence-electron chi connectivity index (χ1n) is 11.5. The monoisotopic (exact) mass is 454 g/mol. The van der Waals surface area contributed by atoms with Gasteiger partial charge in [0.2, 0.25) is 5.91 Å². The molecule has 5 nitrogen and oxygen atoms in total. The predicted octanol–water partition coefficient (Wildman–Crippen LogP) is 5.18. The lowest BCUT2D eigenvalue weighted by Crippen LogP contribution is -2.40. The number of halogens is 1. The van der Waals surface area contributed by atoms with Crippen LogP contribution in [0, 0.1) is 11.7 Å². The minimum atomic E-state index is -0.499. The van der Waals surface area contributed by atoms with Gasteiger partial charge in [0.15, 0.2) is 0 Å². The van der Waals surface area contributed by atoms with Crippen molar-refractivity contribution in [1.29, 1.82) is 0 Å². The third kappa shape index (κ3) is 3.37. The van der Waals surface area contributed by atoms with Gasteiger partial charge < -0.3 is 15.1 Å². The summed E-state index contributed by atoms with van der Waals surface area (Å²) >= 11 is 0. The number of amides is 2. The summed E-state index contributed by atoms with van der Waals surface area (Å²) in [5.74, 6) is 0.275. The van der Waals surface area contributed by atoms with Gasteiger partial charge in [-0.2, -0.15) is 0 Å². The van der Waals surface area contributed by atoms with Crippen LogP contribution in [0.3, 0.4) is 0 Å². The van der Waals surface area contributed by atoms with Gasteiger partial charge in [-0.1, -0.05) is 42.5 Å². The van der Waals surface area contributed by atoms with Crippen LogP contribution < -0.4 is 5.73 Å². The molecule has 6 heteroatoms. The molecule has 3 aromatic carbocycles. The first kappa shape index (κ1) is 20.7. The van der Waals surface area contributed by atoms with E-state index in [0.717, 1.165) is 18.6 Å². The fourth-order valence-electron chi connectivity index (χ4n) is 5.44. The summed E-state index contributed by atoms with van der Waals surface area (Å²) in [4.78, 5) is 27.6. The highest BCUT2D eigenvalue weighted by molar-refractivity contribution is 6.05. The molecule has 170 valence electrons. The minimum absolute atomic E-state index is 0.0254. The van der Waals surface area contributed by atoms with Crippen LogP contribution in [0.15, 0.2) is 77.2 Å². The molecule has 2 N–H and O–H groups in total. The van der Waals surface area contributed by atoms with E-state index in [1.807, 2.05) is 29.2 Å². The van der Waals surface area contributed by atoms with E-state index < -0.39 is 5.91 Å². The Morgan fingerprint density at radius 3 is 2.47 bits per heavy atom. The van der Waals surface area contributed by atoms with Gasteiger partial charge >= 0.3 is 0 Å². The largest absolute Gasteiger partial charge is 0.461 e. The summed E-state index contributed by atoms with van der Waals surface area (Å²) in [5, 5.41) is 0.691. The van der Waals surface area contributed by atoms with Gasteiger partial charge in [0.05, 0.1) is 5.56 Å². The normalized spacial score (nSPS) is 21.0. The first-order chi connectivity index (χ1) is 16.5. The van der Waals surface area contributed by atoms with Crippen molar-refractivity contribution < 1.29 is 18.4 Å². The standard InChI is InChI=1S/C28H23FN2O3/c29-24-10-4-3-7-20(24)19-6-1-2-8-22(19)28(33)31-17(12-16-13-25(16)31)14-18-15-23-21(27(30)32)9-5-11-26(23)34-18/h1-11,15-17,25H,12-14H2,(H2,30,32)/t16-,17+,25+/m1/s1. The molecule has 0 radical (unpaired) electrons. The van der Waals surface area contributed by atoms with E-state index in [2.05, 4.69) is 0 Å². The summed E-state index contributed by atoms with van der Waals surface area (Å²) in [6.45, 7) is 0. The maximum atomic E-state index is 14.6. The van der Waals surface area contributed by atoms with Gasteiger partial charge in [-0.15, -0.1) is 0 Å². The Morgan fingerprint density at radius 1 is 0.941 bits per heavy atom. The Balaban J connectivity index is 1.33. The second-order valence-corrected chi connectivity index (χ2v) is 9.19. The quantitative estimate of drug-likeness (QED) is 0.451. The molecule has 1 saturated carbocycles. The number of hydrogen-bond donors (Lipinski definition) is 1. The molecule has 2 fully saturated rings. The number of rotatable bonds is 5. The van der Waals surface area contributed by atoms with Crippen LogP contribution >= 0.6 is 0 Å². The molecular weight excluding hydrogens is 431 g/mol. The van der Waals surface area contributed by atoms with Gasteiger partial charge in [-0.25, -0.2) is 4.39 Å². The Bertz CT molecular complexity index is 1440.